The molecule has 3 heterocycles. The third-order valence-electron chi connectivity index (χ3n) is 5.44. The van der Waals surface area contributed by atoms with Gasteiger partial charge in [-0.3, -0.25) is 10.4 Å². The van der Waals surface area contributed by atoms with Crippen molar-refractivity contribution in [3.63, 3.8) is 0 Å². The van der Waals surface area contributed by atoms with Crippen LogP contribution in [0.1, 0.15) is 30.3 Å². The maximum absolute atomic E-state index is 14.6. The van der Waals surface area contributed by atoms with E-state index in [0.717, 1.165) is 43.7 Å². The van der Waals surface area contributed by atoms with Crippen LogP contribution in [0.2, 0.25) is 0 Å². The van der Waals surface area contributed by atoms with E-state index >= 15 is 0 Å². The Morgan fingerprint density at radius 1 is 1.39 bits per heavy atom. The average Bonchev–Trinajstić information content (AvgIpc) is 3.07. The number of likely N-dealkylation sites (N-methyl/N-ethyl adjacent to an activating group) is 1. The molecule has 4 rings (SSSR count). The number of amidine groups is 1. The fourth-order valence-electron chi connectivity index (χ4n) is 4.10. The Morgan fingerprint density at radius 3 is 2.96 bits per heavy atom. The molecule has 2 atom stereocenters. The predicted molar refractivity (Wildman–Crippen MR) is 109 cm³/mol. The summed E-state index contributed by atoms with van der Waals surface area (Å²) in [7, 11) is 2.11. The van der Waals surface area contributed by atoms with E-state index in [0.29, 0.717) is 23.6 Å². The van der Waals surface area contributed by atoms with Crippen LogP contribution in [0.25, 0.3) is 11.4 Å². The molecule has 0 spiro atoms. The second kappa shape index (κ2) is 7.63. The molecule has 0 bridgehead atoms. The minimum absolute atomic E-state index is 0.206. The van der Waals surface area contributed by atoms with Gasteiger partial charge >= 0.3 is 0 Å². The van der Waals surface area contributed by atoms with E-state index in [2.05, 4.69) is 26.5 Å². The molecule has 3 N–H and O–H groups in total. The highest BCUT2D eigenvalue weighted by molar-refractivity contribution is 5.95. The number of nitrogens with two attached hydrogens (primary N) is 1. The maximum atomic E-state index is 14.6. The van der Waals surface area contributed by atoms with E-state index in [4.69, 9.17) is 16.1 Å². The molecule has 8 heteroatoms. The minimum atomic E-state index is -0.334. The molecule has 0 amide bonds. The van der Waals surface area contributed by atoms with Crippen LogP contribution < -0.4 is 5.73 Å². The number of rotatable bonds is 4. The van der Waals surface area contributed by atoms with Gasteiger partial charge in [0.15, 0.2) is 0 Å². The molecular formula is C20H24FN7. The van der Waals surface area contributed by atoms with Crippen molar-refractivity contribution in [2.75, 3.05) is 20.1 Å². The van der Waals surface area contributed by atoms with E-state index < -0.39 is 0 Å². The van der Waals surface area contributed by atoms with Gasteiger partial charge in [-0.05, 0) is 38.6 Å². The van der Waals surface area contributed by atoms with E-state index in [9.17, 15) is 4.39 Å². The summed E-state index contributed by atoms with van der Waals surface area (Å²) < 4.78 is 16.8. The van der Waals surface area contributed by atoms with Crippen LogP contribution in [0.15, 0.2) is 34.3 Å². The Hall–Kier alpha value is -2.87. The van der Waals surface area contributed by atoms with Crippen molar-refractivity contribution in [3.8, 4) is 11.4 Å². The lowest BCUT2D eigenvalue weighted by atomic mass is 10.0. The van der Waals surface area contributed by atoms with Crippen LogP contribution in [-0.4, -0.2) is 59.0 Å². The normalized spacial score (nSPS) is 22.9. The number of hydrogen-bond donors (Lipinski definition) is 2. The van der Waals surface area contributed by atoms with Gasteiger partial charge in [0.2, 0.25) is 0 Å². The second-order valence-corrected chi connectivity index (χ2v) is 7.36. The van der Waals surface area contributed by atoms with Crippen LogP contribution in [0, 0.1) is 11.2 Å². The number of benzene rings is 1. The van der Waals surface area contributed by atoms with Gasteiger partial charge < -0.3 is 15.2 Å². The van der Waals surface area contributed by atoms with Gasteiger partial charge in [-0.2, -0.15) is 0 Å². The quantitative estimate of drug-likeness (QED) is 0.628. The number of nitrogens with one attached hydrogen (secondary N) is 1. The molecule has 1 saturated heterocycles. The van der Waals surface area contributed by atoms with Crippen molar-refractivity contribution >= 4 is 18.4 Å². The molecule has 146 valence electrons. The number of hydrogen-bond acceptors (Lipinski definition) is 4. The zero-order valence-electron chi connectivity index (χ0n) is 15.8. The number of piperidine rings is 1. The summed E-state index contributed by atoms with van der Waals surface area (Å²) in [5, 5.41) is 7.15. The van der Waals surface area contributed by atoms with Crippen molar-refractivity contribution in [2.45, 2.75) is 31.3 Å². The Labute approximate surface area is 163 Å². The average molecular weight is 381 g/mol. The lowest BCUT2D eigenvalue weighted by Crippen LogP contribution is -2.36. The monoisotopic (exact) mass is 381 g/mol. The van der Waals surface area contributed by atoms with E-state index in [1.807, 2.05) is 6.07 Å². The van der Waals surface area contributed by atoms with Gasteiger partial charge in [0.05, 0.1) is 5.56 Å². The van der Waals surface area contributed by atoms with Crippen LogP contribution in [-0.2, 0) is 6.42 Å². The largest absolute Gasteiger partial charge is 0.385 e. The molecule has 0 saturated carbocycles. The summed E-state index contributed by atoms with van der Waals surface area (Å²) in [6.07, 6.45) is 5.26. The van der Waals surface area contributed by atoms with Gasteiger partial charge in [0, 0.05) is 30.9 Å². The molecule has 28 heavy (non-hydrogen) atoms. The molecular weight excluding hydrogens is 357 g/mol. The van der Waals surface area contributed by atoms with Crippen LogP contribution >= 0.6 is 0 Å². The predicted octanol–water partition coefficient (Wildman–Crippen LogP) is 2.26. The third-order valence-corrected chi connectivity index (χ3v) is 5.44. The third kappa shape index (κ3) is 3.35. The molecule has 2 aromatic rings. The molecule has 1 aromatic carbocycles. The van der Waals surface area contributed by atoms with Gasteiger partial charge in [0.1, 0.15) is 35.6 Å². The summed E-state index contributed by atoms with van der Waals surface area (Å²) in [6, 6.07) is 6.62. The number of aliphatic imine (C=N–C) groups is 2. The smallest absolute Gasteiger partial charge is 0.144 e. The van der Waals surface area contributed by atoms with Gasteiger partial charge in [-0.25, -0.2) is 14.4 Å². The van der Waals surface area contributed by atoms with Crippen molar-refractivity contribution in [2.24, 2.45) is 15.7 Å². The Kier molecular flexibility index (Phi) is 5.04. The van der Waals surface area contributed by atoms with Gasteiger partial charge in [0.25, 0.3) is 0 Å². The van der Waals surface area contributed by atoms with Crippen molar-refractivity contribution < 1.29 is 4.39 Å². The van der Waals surface area contributed by atoms with Crippen molar-refractivity contribution in [1.82, 2.24) is 14.5 Å². The highest BCUT2D eigenvalue weighted by Crippen LogP contribution is 2.33. The lowest BCUT2D eigenvalue weighted by molar-refractivity contribution is 0.210. The summed E-state index contributed by atoms with van der Waals surface area (Å²) in [6.45, 7) is 1.95. The Morgan fingerprint density at radius 2 is 2.21 bits per heavy atom. The lowest BCUT2D eigenvalue weighted by Gasteiger charge is -2.33. The van der Waals surface area contributed by atoms with E-state index in [-0.39, 0.29) is 17.9 Å². The molecule has 2 aliphatic rings. The number of aromatic nitrogens is 2. The summed E-state index contributed by atoms with van der Waals surface area (Å²) in [5.41, 5.74) is 8.25. The van der Waals surface area contributed by atoms with Crippen LogP contribution in [0.3, 0.4) is 0 Å². The highest BCUT2D eigenvalue weighted by atomic mass is 19.1. The minimum Gasteiger partial charge on any atom is -0.385 e. The highest BCUT2D eigenvalue weighted by Gasteiger charge is 2.31. The molecule has 1 fully saturated rings. The number of fused-ring (bicyclic) bond motifs is 1. The standard InChI is InChI=1S/C20H24FN7/c1-27-8-4-5-13(11-27)28-18-9-16(19(23)25-12-22)24-10-17(18)26-20(28)14-6-2-3-7-15(14)21/h2-3,6-7,10,12-13,16H,4-5,8-9,11H2,1H3,(H3,22,23,25)/t13-,16?/m1/s1. The maximum Gasteiger partial charge on any atom is 0.144 e. The molecule has 1 aromatic heterocycles. The summed E-state index contributed by atoms with van der Waals surface area (Å²) in [4.78, 5) is 15.4. The van der Waals surface area contributed by atoms with Crippen molar-refractivity contribution in [3.05, 3.63) is 41.5 Å². The van der Waals surface area contributed by atoms with Gasteiger partial charge in [-0.15, -0.1) is 0 Å². The number of imidazole rings is 1. The second-order valence-electron chi connectivity index (χ2n) is 7.36. The molecule has 0 radical (unpaired) electrons. The number of halogens is 1. The number of likely N-dealkylation sites (tertiary alicyclic amines) is 1. The van der Waals surface area contributed by atoms with Gasteiger partial charge in [-0.1, -0.05) is 12.1 Å². The van der Waals surface area contributed by atoms with E-state index in [1.165, 1.54) is 6.07 Å². The van der Waals surface area contributed by atoms with Crippen LogP contribution in [0.4, 0.5) is 4.39 Å². The first kappa shape index (κ1) is 18.5. The fraction of sp³-hybridized carbons (Fsp3) is 0.400. The first-order chi connectivity index (χ1) is 13.6. The Bertz CT molecular complexity index is 946. The number of nitrogens with zero attached hydrogens (tertiary/aromatic N) is 5. The van der Waals surface area contributed by atoms with E-state index in [1.54, 1.807) is 18.3 Å². The van der Waals surface area contributed by atoms with Crippen molar-refractivity contribution in [1.29, 1.82) is 5.41 Å². The van der Waals surface area contributed by atoms with Crippen LogP contribution in [0.5, 0.6) is 0 Å². The fourth-order valence-corrected chi connectivity index (χ4v) is 4.10. The zero-order chi connectivity index (χ0) is 19.7. The Balaban J connectivity index is 1.83. The zero-order valence-corrected chi connectivity index (χ0v) is 15.8. The summed E-state index contributed by atoms with van der Waals surface area (Å²) in [5.74, 6) is 0.657. The molecule has 1 unspecified atom stereocenters. The SMILES string of the molecule is CN1CCC[C@@H](n2c(-c3ccccc3F)nc3c2CC(C(N)=NC=N)N=C3)C1. The molecule has 7 nitrogen and oxygen atoms in total. The first-order valence-corrected chi connectivity index (χ1v) is 9.48. The molecule has 0 aliphatic carbocycles. The summed E-state index contributed by atoms with van der Waals surface area (Å²) >= 11 is 0. The topological polar surface area (TPSA) is 95.6 Å². The first-order valence-electron chi connectivity index (χ1n) is 9.48. The molecule has 2 aliphatic heterocycles.